The van der Waals surface area contributed by atoms with Crippen molar-refractivity contribution in [3.8, 4) is 0 Å². The van der Waals surface area contributed by atoms with Crippen molar-refractivity contribution >= 4 is 12.6 Å². The largest absolute Gasteiger partial charge is 0.498 e. The van der Waals surface area contributed by atoms with E-state index < -0.39 is 7.12 Å². The maximum Gasteiger partial charge on any atom is 0.498 e. The van der Waals surface area contributed by atoms with Crippen molar-refractivity contribution in [3.63, 3.8) is 0 Å². The Hall–Kier alpha value is -1.78. The molecule has 14 nitrogen and oxygen atoms in total. The average Bonchev–Trinajstić information content (AvgIpc) is 3.47. The van der Waals surface area contributed by atoms with Crippen molar-refractivity contribution in [2.45, 2.75) is 45.4 Å². The topological polar surface area (TPSA) is 150 Å². The van der Waals surface area contributed by atoms with E-state index in [1.807, 2.05) is 38.6 Å². The van der Waals surface area contributed by atoms with Gasteiger partial charge >= 0.3 is 7.12 Å². The van der Waals surface area contributed by atoms with Gasteiger partial charge < -0.3 is 42.5 Å². The quantitative estimate of drug-likeness (QED) is 0.0557. The second-order valence-electron chi connectivity index (χ2n) is 9.87. The Morgan fingerprint density at radius 3 is 1.55 bits per heavy atom. The Bertz CT molecular complexity index is 823. The molecule has 0 unspecified atom stereocenters. The molecule has 1 aromatic heterocycles. The molecule has 2 heterocycles. The minimum Gasteiger partial charge on any atom is -0.399 e. The minimum atomic E-state index is -0.409. The van der Waals surface area contributed by atoms with E-state index in [-0.39, 0.29) is 11.2 Å². The van der Waals surface area contributed by atoms with Crippen LogP contribution in [0.4, 0.5) is 0 Å². The van der Waals surface area contributed by atoms with Crippen LogP contribution in [0.5, 0.6) is 0 Å². The van der Waals surface area contributed by atoms with E-state index in [0.717, 1.165) is 5.46 Å². The van der Waals surface area contributed by atoms with Crippen molar-refractivity contribution < 1.29 is 42.5 Å². The van der Waals surface area contributed by atoms with Crippen LogP contribution >= 0.6 is 0 Å². The van der Waals surface area contributed by atoms with Gasteiger partial charge in [0.05, 0.1) is 110 Å². The van der Waals surface area contributed by atoms with Gasteiger partial charge in [-0.2, -0.15) is 5.10 Å². The van der Waals surface area contributed by atoms with Crippen LogP contribution in [0.2, 0.25) is 0 Å². The molecule has 0 atom stereocenters. The number of aromatic nitrogens is 2. The monoisotopic (exact) mass is 571 g/mol. The summed E-state index contributed by atoms with van der Waals surface area (Å²) < 4.78 is 52.0. The molecule has 40 heavy (non-hydrogen) atoms. The normalized spacial score (nSPS) is 15.9. The number of ether oxygens (including phenoxy) is 7. The summed E-state index contributed by atoms with van der Waals surface area (Å²) in [5, 5.41) is 7.75. The van der Waals surface area contributed by atoms with Gasteiger partial charge in [-0.25, -0.2) is 0 Å². The van der Waals surface area contributed by atoms with Gasteiger partial charge in [0.2, 0.25) is 0 Å². The molecular weight excluding hydrogens is 525 g/mol. The van der Waals surface area contributed by atoms with Gasteiger partial charge in [-0.3, -0.25) is 4.68 Å². The molecule has 15 heteroatoms. The Labute approximate surface area is 237 Å². The van der Waals surface area contributed by atoms with Crippen molar-refractivity contribution in [1.29, 1.82) is 0 Å². The summed E-state index contributed by atoms with van der Waals surface area (Å²) in [4.78, 5) is 2.64. The minimum absolute atomic E-state index is 0.330. The first-order valence-electron chi connectivity index (χ1n) is 13.8. The molecular formula is C25H46BN5O9. The van der Waals surface area contributed by atoms with Crippen LogP contribution < -0.4 is 5.46 Å². The zero-order valence-corrected chi connectivity index (χ0v) is 24.5. The van der Waals surface area contributed by atoms with Gasteiger partial charge in [-0.1, -0.05) is 5.11 Å². The highest BCUT2D eigenvalue weighted by Crippen LogP contribution is 2.36. The van der Waals surface area contributed by atoms with E-state index in [1.54, 1.807) is 6.20 Å². The van der Waals surface area contributed by atoms with E-state index in [4.69, 9.17) is 48.0 Å². The molecule has 228 valence electrons. The van der Waals surface area contributed by atoms with Crippen LogP contribution in [0, 0.1) is 0 Å². The van der Waals surface area contributed by atoms with E-state index in [1.165, 1.54) is 0 Å². The molecule has 0 saturated carbocycles. The van der Waals surface area contributed by atoms with Crippen LogP contribution in [0.15, 0.2) is 17.5 Å². The van der Waals surface area contributed by atoms with Crippen LogP contribution in [-0.2, 0) is 49.0 Å². The van der Waals surface area contributed by atoms with Crippen LogP contribution in [0.1, 0.15) is 27.7 Å². The lowest BCUT2D eigenvalue weighted by Gasteiger charge is -2.32. The molecule has 1 fully saturated rings. The molecule has 1 aliphatic heterocycles. The Morgan fingerprint density at radius 1 is 0.725 bits per heavy atom. The lowest BCUT2D eigenvalue weighted by atomic mass is 9.82. The van der Waals surface area contributed by atoms with Crippen LogP contribution in [0.3, 0.4) is 0 Å². The van der Waals surface area contributed by atoms with E-state index in [0.29, 0.717) is 106 Å². The third kappa shape index (κ3) is 14.2. The first kappa shape index (κ1) is 34.4. The zero-order chi connectivity index (χ0) is 28.9. The molecule has 0 radical (unpaired) electrons. The van der Waals surface area contributed by atoms with Gasteiger partial charge in [-0.05, 0) is 33.2 Å². The van der Waals surface area contributed by atoms with E-state index in [2.05, 4.69) is 15.1 Å². The maximum atomic E-state index is 8.13. The van der Waals surface area contributed by atoms with Gasteiger partial charge in [0.1, 0.15) is 0 Å². The van der Waals surface area contributed by atoms with Gasteiger partial charge in [0, 0.05) is 29.3 Å². The molecule has 1 aliphatic rings. The molecule has 0 amide bonds. The Balaban J connectivity index is 1.28. The van der Waals surface area contributed by atoms with E-state index in [9.17, 15) is 0 Å². The lowest BCUT2D eigenvalue weighted by Crippen LogP contribution is -2.41. The Morgan fingerprint density at radius 2 is 1.12 bits per heavy atom. The summed E-state index contributed by atoms with van der Waals surface area (Å²) in [5.74, 6) is 0. The fraction of sp³-hybridized carbons (Fsp3) is 0.880. The highest BCUT2D eigenvalue weighted by Gasteiger charge is 2.52. The molecule has 1 saturated heterocycles. The first-order valence-corrected chi connectivity index (χ1v) is 13.8. The van der Waals surface area contributed by atoms with Crippen molar-refractivity contribution in [1.82, 2.24) is 9.78 Å². The molecule has 0 spiro atoms. The van der Waals surface area contributed by atoms with Crippen molar-refractivity contribution in [2.75, 3.05) is 99.0 Å². The van der Waals surface area contributed by atoms with Crippen molar-refractivity contribution in [2.24, 2.45) is 5.11 Å². The summed E-state index contributed by atoms with van der Waals surface area (Å²) in [6, 6.07) is 0. The van der Waals surface area contributed by atoms with Crippen molar-refractivity contribution in [3.05, 3.63) is 22.8 Å². The molecule has 0 aliphatic carbocycles. The van der Waals surface area contributed by atoms with Crippen LogP contribution in [0.25, 0.3) is 10.4 Å². The lowest BCUT2D eigenvalue weighted by molar-refractivity contribution is -0.0205. The summed E-state index contributed by atoms with van der Waals surface area (Å²) >= 11 is 0. The van der Waals surface area contributed by atoms with E-state index >= 15 is 0 Å². The number of rotatable bonds is 25. The highest BCUT2D eigenvalue weighted by atomic mass is 16.7. The molecule has 0 N–H and O–H groups in total. The smallest absolute Gasteiger partial charge is 0.399 e. The maximum absolute atomic E-state index is 8.13. The number of azide groups is 1. The van der Waals surface area contributed by atoms with Gasteiger partial charge in [-0.15, -0.1) is 0 Å². The third-order valence-corrected chi connectivity index (χ3v) is 6.27. The van der Waals surface area contributed by atoms with Gasteiger partial charge in [0.15, 0.2) is 0 Å². The fourth-order valence-electron chi connectivity index (χ4n) is 3.33. The second-order valence-corrected chi connectivity index (χ2v) is 9.87. The number of nitrogens with zero attached hydrogens (tertiary/aromatic N) is 5. The first-order chi connectivity index (χ1) is 19.4. The number of hydrogen-bond acceptors (Lipinski definition) is 11. The summed E-state index contributed by atoms with van der Waals surface area (Å²) in [6.45, 7) is 16.0. The zero-order valence-electron chi connectivity index (χ0n) is 24.5. The summed E-state index contributed by atoms with van der Waals surface area (Å²) in [7, 11) is -0.409. The molecule has 0 bridgehead atoms. The molecule has 1 aromatic rings. The predicted octanol–water partition coefficient (Wildman–Crippen LogP) is 1.61. The second kappa shape index (κ2) is 20.2. The molecule has 0 aromatic carbocycles. The standard InChI is InChI=1S/C25H46BN5O9/c1-24(2)25(3,4)40-26(39-24)23-21-29-31(22-23)6-8-33-10-12-35-14-16-37-18-20-38-19-17-36-15-13-34-11-9-32-7-5-28-30-27/h21-22H,5-20H2,1-4H3. The Kier molecular flexibility index (Phi) is 17.4. The predicted molar refractivity (Wildman–Crippen MR) is 148 cm³/mol. The molecule has 2 rings (SSSR count). The van der Waals surface area contributed by atoms with Gasteiger partial charge in [0.25, 0.3) is 0 Å². The summed E-state index contributed by atoms with van der Waals surface area (Å²) in [5.41, 5.74) is 8.29. The third-order valence-electron chi connectivity index (χ3n) is 6.27. The summed E-state index contributed by atoms with van der Waals surface area (Å²) in [6.07, 6.45) is 3.71. The van der Waals surface area contributed by atoms with Crippen LogP contribution in [-0.4, -0.2) is 127 Å². The highest BCUT2D eigenvalue weighted by molar-refractivity contribution is 6.61. The SMILES string of the molecule is CC1(C)OB(c2cnn(CCOCCOCCOCCOCCOCCOCCOCCN=[N+]=[N-])c2)OC1(C)C. The fourth-order valence-corrected chi connectivity index (χ4v) is 3.33. The number of hydrogen-bond donors (Lipinski definition) is 0. The average molecular weight is 571 g/mol.